The van der Waals surface area contributed by atoms with E-state index in [9.17, 15) is 4.79 Å². The summed E-state index contributed by atoms with van der Waals surface area (Å²) in [7, 11) is 0. The number of ether oxygens (including phenoxy) is 1. The van der Waals surface area contributed by atoms with E-state index in [0.717, 1.165) is 42.3 Å². The molecule has 0 saturated carbocycles. The molecule has 122 valence electrons. The van der Waals surface area contributed by atoms with E-state index >= 15 is 0 Å². The Hall–Kier alpha value is -2.82. The fraction of sp³-hybridized carbons (Fsp3) is 0.263. The first-order chi connectivity index (χ1) is 11.7. The Labute approximate surface area is 141 Å². The van der Waals surface area contributed by atoms with Crippen LogP contribution >= 0.6 is 0 Å². The highest BCUT2D eigenvalue weighted by atomic mass is 16.6. The SMILES string of the molecule is Cc1cccc(NC(=O)O[C@H]2CCN3Cc4ccccc4N=C23)c1. The number of aryl methyl sites for hydroxylation is 1. The van der Waals surface area contributed by atoms with E-state index in [0.29, 0.717) is 0 Å². The van der Waals surface area contributed by atoms with E-state index in [1.54, 1.807) is 0 Å². The number of carbonyl (C=O) groups excluding carboxylic acids is 1. The summed E-state index contributed by atoms with van der Waals surface area (Å²) in [6.45, 7) is 3.67. The van der Waals surface area contributed by atoms with Crippen molar-refractivity contribution in [1.82, 2.24) is 4.90 Å². The van der Waals surface area contributed by atoms with Crippen molar-refractivity contribution in [3.63, 3.8) is 0 Å². The molecule has 1 atom stereocenters. The van der Waals surface area contributed by atoms with Crippen molar-refractivity contribution >= 4 is 23.3 Å². The molecule has 2 aliphatic rings. The van der Waals surface area contributed by atoms with Crippen LogP contribution in [0.4, 0.5) is 16.2 Å². The van der Waals surface area contributed by atoms with Gasteiger partial charge < -0.3 is 9.64 Å². The molecule has 5 heteroatoms. The Morgan fingerprint density at radius 3 is 3.00 bits per heavy atom. The van der Waals surface area contributed by atoms with Gasteiger partial charge in [-0.1, -0.05) is 30.3 Å². The maximum Gasteiger partial charge on any atom is 0.412 e. The van der Waals surface area contributed by atoms with Crippen molar-refractivity contribution < 1.29 is 9.53 Å². The molecular weight excluding hydrogens is 302 g/mol. The lowest BCUT2D eigenvalue weighted by Gasteiger charge is -2.26. The van der Waals surface area contributed by atoms with Crippen LogP contribution in [0.25, 0.3) is 0 Å². The molecule has 0 aliphatic carbocycles. The topological polar surface area (TPSA) is 53.9 Å². The van der Waals surface area contributed by atoms with Gasteiger partial charge in [-0.05, 0) is 36.2 Å². The first-order valence-corrected chi connectivity index (χ1v) is 8.15. The molecule has 2 heterocycles. The second kappa shape index (κ2) is 6.00. The number of amides is 1. The molecule has 1 saturated heterocycles. The highest BCUT2D eigenvalue weighted by Gasteiger charge is 2.35. The Bertz CT molecular complexity index is 816. The van der Waals surface area contributed by atoms with E-state index in [1.165, 1.54) is 5.56 Å². The van der Waals surface area contributed by atoms with Gasteiger partial charge in [-0.3, -0.25) is 5.32 Å². The van der Waals surface area contributed by atoms with E-state index < -0.39 is 6.09 Å². The monoisotopic (exact) mass is 321 g/mol. The molecule has 2 aromatic rings. The first-order valence-electron chi connectivity index (χ1n) is 8.15. The normalized spacial score (nSPS) is 18.5. The van der Waals surface area contributed by atoms with Gasteiger partial charge >= 0.3 is 6.09 Å². The minimum Gasteiger partial charge on any atom is -0.438 e. The van der Waals surface area contributed by atoms with Crippen LogP contribution < -0.4 is 5.32 Å². The van der Waals surface area contributed by atoms with Crippen LogP contribution in [0, 0.1) is 6.92 Å². The Balaban J connectivity index is 1.47. The zero-order chi connectivity index (χ0) is 16.5. The lowest BCUT2D eigenvalue weighted by molar-refractivity contribution is 0.143. The molecule has 1 fully saturated rings. The van der Waals surface area contributed by atoms with Crippen molar-refractivity contribution in [3.05, 3.63) is 59.7 Å². The second-order valence-corrected chi connectivity index (χ2v) is 6.20. The van der Waals surface area contributed by atoms with Crippen LogP contribution in [-0.2, 0) is 11.3 Å². The molecule has 1 amide bonds. The molecule has 2 aliphatic heterocycles. The van der Waals surface area contributed by atoms with E-state index in [2.05, 4.69) is 16.3 Å². The maximum absolute atomic E-state index is 12.2. The number of nitrogens with one attached hydrogen (secondary N) is 1. The number of hydrogen-bond donors (Lipinski definition) is 1. The molecule has 4 rings (SSSR count). The summed E-state index contributed by atoms with van der Waals surface area (Å²) in [5, 5.41) is 2.79. The van der Waals surface area contributed by atoms with Crippen LogP contribution in [0.5, 0.6) is 0 Å². The van der Waals surface area contributed by atoms with Gasteiger partial charge in [0.2, 0.25) is 0 Å². The predicted octanol–water partition coefficient (Wildman–Crippen LogP) is 3.86. The molecule has 0 unspecified atom stereocenters. The third-order valence-electron chi connectivity index (χ3n) is 4.37. The Morgan fingerprint density at radius 2 is 2.12 bits per heavy atom. The van der Waals surface area contributed by atoms with Gasteiger partial charge in [-0.25, -0.2) is 9.79 Å². The fourth-order valence-electron chi connectivity index (χ4n) is 3.22. The standard InChI is InChI=1S/C19H19N3O2/c1-13-5-4-7-15(11-13)20-19(23)24-17-9-10-22-12-14-6-2-3-8-16(14)21-18(17)22/h2-8,11,17H,9-10,12H2,1H3,(H,20,23)/t17-/m0/s1. The average Bonchev–Trinajstić information content (AvgIpc) is 2.94. The third kappa shape index (κ3) is 2.85. The first kappa shape index (κ1) is 14.8. The van der Waals surface area contributed by atoms with Gasteiger partial charge in [0.05, 0.1) is 5.69 Å². The highest BCUT2D eigenvalue weighted by molar-refractivity contribution is 5.95. The number of rotatable bonds is 2. The molecule has 0 bridgehead atoms. The summed E-state index contributed by atoms with van der Waals surface area (Å²) >= 11 is 0. The Kier molecular flexibility index (Phi) is 3.69. The number of amidine groups is 1. The van der Waals surface area contributed by atoms with Crippen LogP contribution in [0.15, 0.2) is 53.5 Å². The molecule has 1 N–H and O–H groups in total. The highest BCUT2D eigenvalue weighted by Crippen LogP contribution is 2.31. The summed E-state index contributed by atoms with van der Waals surface area (Å²) in [6, 6.07) is 15.8. The number of anilines is 1. The van der Waals surface area contributed by atoms with Gasteiger partial charge in [0, 0.05) is 25.2 Å². The number of carbonyl (C=O) groups is 1. The maximum atomic E-state index is 12.2. The number of para-hydroxylation sites is 1. The molecular formula is C19H19N3O2. The van der Waals surface area contributed by atoms with Gasteiger partial charge in [0.25, 0.3) is 0 Å². The number of fused-ring (bicyclic) bond motifs is 2. The zero-order valence-corrected chi connectivity index (χ0v) is 13.5. The van der Waals surface area contributed by atoms with Crippen LogP contribution in [0.1, 0.15) is 17.5 Å². The zero-order valence-electron chi connectivity index (χ0n) is 13.5. The van der Waals surface area contributed by atoms with Crippen LogP contribution in [0.3, 0.4) is 0 Å². The minimum absolute atomic E-state index is 0.289. The molecule has 0 spiro atoms. The van der Waals surface area contributed by atoms with Crippen molar-refractivity contribution in [3.8, 4) is 0 Å². The quantitative estimate of drug-likeness (QED) is 0.914. The van der Waals surface area contributed by atoms with Gasteiger partial charge in [-0.15, -0.1) is 0 Å². The van der Waals surface area contributed by atoms with Crippen molar-refractivity contribution in [2.45, 2.75) is 26.0 Å². The summed E-state index contributed by atoms with van der Waals surface area (Å²) in [5.41, 5.74) is 4.02. The smallest absolute Gasteiger partial charge is 0.412 e. The van der Waals surface area contributed by atoms with E-state index in [4.69, 9.17) is 9.73 Å². The van der Waals surface area contributed by atoms with Crippen molar-refractivity contribution in [1.29, 1.82) is 0 Å². The summed E-state index contributed by atoms with van der Waals surface area (Å²) in [4.78, 5) is 19.1. The summed E-state index contributed by atoms with van der Waals surface area (Å²) < 4.78 is 5.62. The predicted molar refractivity (Wildman–Crippen MR) is 93.6 cm³/mol. The van der Waals surface area contributed by atoms with Crippen molar-refractivity contribution in [2.75, 3.05) is 11.9 Å². The summed E-state index contributed by atoms with van der Waals surface area (Å²) in [5.74, 6) is 0.855. The van der Waals surface area contributed by atoms with E-state index in [1.807, 2.05) is 49.4 Å². The molecule has 0 radical (unpaired) electrons. The molecule has 0 aromatic heterocycles. The average molecular weight is 321 g/mol. The van der Waals surface area contributed by atoms with Gasteiger partial charge in [0.1, 0.15) is 5.84 Å². The molecule has 2 aromatic carbocycles. The van der Waals surface area contributed by atoms with Gasteiger partial charge in [0.15, 0.2) is 6.10 Å². The largest absolute Gasteiger partial charge is 0.438 e. The van der Waals surface area contributed by atoms with Crippen LogP contribution in [0.2, 0.25) is 0 Å². The number of benzene rings is 2. The lowest BCUT2D eigenvalue weighted by atomic mass is 10.1. The number of hydrogen-bond acceptors (Lipinski definition) is 4. The Morgan fingerprint density at radius 1 is 1.25 bits per heavy atom. The molecule has 24 heavy (non-hydrogen) atoms. The van der Waals surface area contributed by atoms with Crippen molar-refractivity contribution in [2.24, 2.45) is 4.99 Å². The number of nitrogens with zero attached hydrogens (tertiary/aromatic N) is 2. The number of aliphatic imine (C=N–C) groups is 1. The lowest BCUT2D eigenvalue weighted by Crippen LogP contribution is -2.34. The van der Waals surface area contributed by atoms with E-state index in [-0.39, 0.29) is 6.10 Å². The molecule has 5 nitrogen and oxygen atoms in total. The van der Waals surface area contributed by atoms with Crippen LogP contribution in [-0.4, -0.2) is 29.5 Å². The van der Waals surface area contributed by atoms with Gasteiger partial charge in [-0.2, -0.15) is 0 Å². The minimum atomic E-state index is -0.436. The fourth-order valence-corrected chi connectivity index (χ4v) is 3.22. The second-order valence-electron chi connectivity index (χ2n) is 6.20. The third-order valence-corrected chi connectivity index (χ3v) is 4.37. The summed E-state index contributed by atoms with van der Waals surface area (Å²) in [6.07, 6.45) is 0.0470.